The third-order valence-electron chi connectivity index (χ3n) is 4.34. The predicted octanol–water partition coefficient (Wildman–Crippen LogP) is 2.26. The highest BCUT2D eigenvalue weighted by Crippen LogP contribution is 2.21. The fraction of sp³-hybridized carbons (Fsp3) is 1.00. The molecule has 3 atom stereocenters. The van der Waals surface area contributed by atoms with Gasteiger partial charge in [-0.05, 0) is 51.6 Å². The molecule has 0 bridgehead atoms. The maximum absolute atomic E-state index is 5.86. The average Bonchev–Trinajstić information content (AvgIpc) is 2.75. The summed E-state index contributed by atoms with van der Waals surface area (Å²) in [6.45, 7) is 11.6. The first-order valence-electron chi connectivity index (χ1n) is 7.76. The lowest BCUT2D eigenvalue weighted by molar-refractivity contribution is 0.0300. The summed E-state index contributed by atoms with van der Waals surface area (Å²) in [5.41, 5.74) is 0. The Morgan fingerprint density at radius 3 is 2.78 bits per heavy atom. The summed E-state index contributed by atoms with van der Waals surface area (Å²) in [5.74, 6) is 0.778. The Labute approximate surface area is 112 Å². The van der Waals surface area contributed by atoms with E-state index < -0.39 is 0 Å². The Morgan fingerprint density at radius 1 is 1.28 bits per heavy atom. The Morgan fingerprint density at radius 2 is 2.11 bits per heavy atom. The molecule has 3 nitrogen and oxygen atoms in total. The number of hydrogen-bond donors (Lipinski definition) is 1. The fourth-order valence-electron chi connectivity index (χ4n) is 3.34. The summed E-state index contributed by atoms with van der Waals surface area (Å²) >= 11 is 0. The van der Waals surface area contributed by atoms with Crippen LogP contribution < -0.4 is 5.32 Å². The third kappa shape index (κ3) is 3.94. The molecule has 2 saturated heterocycles. The molecule has 0 aromatic heterocycles. The minimum Gasteiger partial charge on any atom is -0.377 e. The monoisotopic (exact) mass is 254 g/mol. The second kappa shape index (κ2) is 6.88. The second-order valence-electron chi connectivity index (χ2n) is 6.42. The molecule has 0 saturated carbocycles. The third-order valence-corrected chi connectivity index (χ3v) is 4.34. The van der Waals surface area contributed by atoms with Crippen molar-refractivity contribution < 1.29 is 4.74 Å². The second-order valence-corrected chi connectivity index (χ2v) is 6.42. The minimum atomic E-state index is 0.475. The molecule has 2 rings (SSSR count). The molecule has 2 aliphatic rings. The van der Waals surface area contributed by atoms with Crippen molar-refractivity contribution in [2.45, 2.75) is 64.6 Å². The quantitative estimate of drug-likeness (QED) is 0.833. The SMILES string of the molecule is CC(C)CC1CN(C(C)C2CCCO2)CCCN1. The van der Waals surface area contributed by atoms with Crippen LogP contribution in [0.4, 0.5) is 0 Å². The van der Waals surface area contributed by atoms with Gasteiger partial charge in [-0.2, -0.15) is 0 Å². The summed E-state index contributed by atoms with van der Waals surface area (Å²) in [6, 6.07) is 1.25. The molecule has 0 aliphatic carbocycles. The van der Waals surface area contributed by atoms with Crippen molar-refractivity contribution in [1.82, 2.24) is 10.2 Å². The summed E-state index contributed by atoms with van der Waals surface area (Å²) in [4.78, 5) is 2.66. The molecule has 2 aliphatic heterocycles. The lowest BCUT2D eigenvalue weighted by atomic mass is 10.0. The molecule has 0 radical (unpaired) electrons. The topological polar surface area (TPSA) is 24.5 Å². The molecule has 0 aromatic rings. The van der Waals surface area contributed by atoms with Gasteiger partial charge in [-0.15, -0.1) is 0 Å². The van der Waals surface area contributed by atoms with Crippen molar-refractivity contribution in [3.63, 3.8) is 0 Å². The van der Waals surface area contributed by atoms with Crippen LogP contribution in [-0.4, -0.2) is 49.3 Å². The van der Waals surface area contributed by atoms with Crippen molar-refractivity contribution in [2.75, 3.05) is 26.2 Å². The van der Waals surface area contributed by atoms with Crippen molar-refractivity contribution >= 4 is 0 Å². The molecular weight excluding hydrogens is 224 g/mol. The largest absolute Gasteiger partial charge is 0.377 e. The van der Waals surface area contributed by atoms with Crippen molar-refractivity contribution in [3.05, 3.63) is 0 Å². The van der Waals surface area contributed by atoms with Gasteiger partial charge in [0.25, 0.3) is 0 Å². The zero-order valence-corrected chi connectivity index (χ0v) is 12.3. The van der Waals surface area contributed by atoms with E-state index in [2.05, 4.69) is 31.0 Å². The van der Waals surface area contributed by atoms with Crippen LogP contribution >= 0.6 is 0 Å². The highest BCUT2D eigenvalue weighted by Gasteiger charge is 2.29. The highest BCUT2D eigenvalue weighted by atomic mass is 16.5. The first-order valence-corrected chi connectivity index (χ1v) is 7.76. The normalized spacial score (nSPS) is 32.7. The smallest absolute Gasteiger partial charge is 0.0728 e. The van der Waals surface area contributed by atoms with Gasteiger partial charge in [0.2, 0.25) is 0 Å². The maximum atomic E-state index is 5.86. The van der Waals surface area contributed by atoms with Crippen LogP contribution in [0.2, 0.25) is 0 Å². The summed E-state index contributed by atoms with van der Waals surface area (Å²) in [5, 5.41) is 3.71. The van der Waals surface area contributed by atoms with Gasteiger partial charge in [0.15, 0.2) is 0 Å². The Kier molecular flexibility index (Phi) is 5.46. The summed E-state index contributed by atoms with van der Waals surface area (Å²) in [7, 11) is 0. The van der Waals surface area contributed by atoms with Crippen LogP contribution in [0.15, 0.2) is 0 Å². The Balaban J connectivity index is 1.89. The molecule has 3 unspecified atom stereocenters. The van der Waals surface area contributed by atoms with Crippen molar-refractivity contribution in [3.8, 4) is 0 Å². The summed E-state index contributed by atoms with van der Waals surface area (Å²) in [6.07, 6.45) is 5.53. The van der Waals surface area contributed by atoms with Crippen LogP contribution in [0.25, 0.3) is 0 Å². The Bertz CT molecular complexity index is 239. The number of ether oxygens (including phenoxy) is 1. The standard InChI is InChI=1S/C15H30N2O/c1-12(2)10-14-11-17(8-5-7-16-14)13(3)15-6-4-9-18-15/h12-16H,4-11H2,1-3H3. The van der Waals surface area contributed by atoms with E-state index in [0.717, 1.165) is 12.5 Å². The van der Waals surface area contributed by atoms with Crippen molar-refractivity contribution in [1.29, 1.82) is 0 Å². The molecule has 106 valence electrons. The van der Waals surface area contributed by atoms with E-state index in [1.807, 2.05) is 0 Å². The van der Waals surface area contributed by atoms with Crippen molar-refractivity contribution in [2.24, 2.45) is 5.92 Å². The highest BCUT2D eigenvalue weighted by molar-refractivity contribution is 4.85. The maximum Gasteiger partial charge on any atom is 0.0728 e. The van der Waals surface area contributed by atoms with Crippen LogP contribution in [0.1, 0.15) is 46.5 Å². The molecule has 18 heavy (non-hydrogen) atoms. The lowest BCUT2D eigenvalue weighted by Crippen LogP contribution is -2.46. The van der Waals surface area contributed by atoms with Gasteiger partial charge in [0, 0.05) is 25.2 Å². The van der Waals surface area contributed by atoms with Gasteiger partial charge in [-0.3, -0.25) is 4.90 Å². The van der Waals surface area contributed by atoms with Gasteiger partial charge in [0.05, 0.1) is 6.10 Å². The van der Waals surface area contributed by atoms with E-state index >= 15 is 0 Å². The molecule has 0 amide bonds. The zero-order chi connectivity index (χ0) is 13.0. The van der Waals surface area contributed by atoms with Crippen LogP contribution in [-0.2, 0) is 4.74 Å². The first kappa shape index (κ1) is 14.3. The van der Waals surface area contributed by atoms with Gasteiger partial charge < -0.3 is 10.1 Å². The lowest BCUT2D eigenvalue weighted by Gasteiger charge is -2.33. The van der Waals surface area contributed by atoms with E-state index in [1.54, 1.807) is 0 Å². The number of rotatable bonds is 4. The van der Waals surface area contributed by atoms with Crippen LogP contribution in [0.3, 0.4) is 0 Å². The van der Waals surface area contributed by atoms with Crippen LogP contribution in [0, 0.1) is 5.92 Å². The molecular formula is C15H30N2O. The van der Waals surface area contributed by atoms with Crippen LogP contribution in [0.5, 0.6) is 0 Å². The number of hydrogen-bond acceptors (Lipinski definition) is 3. The number of nitrogens with one attached hydrogen (secondary N) is 1. The number of nitrogens with zero attached hydrogens (tertiary/aromatic N) is 1. The first-order chi connectivity index (χ1) is 8.66. The average molecular weight is 254 g/mol. The fourth-order valence-corrected chi connectivity index (χ4v) is 3.34. The van der Waals surface area contributed by atoms with E-state index in [0.29, 0.717) is 18.2 Å². The molecule has 0 spiro atoms. The van der Waals surface area contributed by atoms with Gasteiger partial charge in [-0.25, -0.2) is 0 Å². The minimum absolute atomic E-state index is 0.475. The van der Waals surface area contributed by atoms with Gasteiger partial charge in [-0.1, -0.05) is 13.8 Å². The molecule has 2 heterocycles. The summed E-state index contributed by atoms with van der Waals surface area (Å²) < 4.78 is 5.86. The predicted molar refractivity (Wildman–Crippen MR) is 75.9 cm³/mol. The van der Waals surface area contributed by atoms with E-state index in [-0.39, 0.29) is 0 Å². The van der Waals surface area contributed by atoms with E-state index in [4.69, 9.17) is 4.74 Å². The van der Waals surface area contributed by atoms with Gasteiger partial charge >= 0.3 is 0 Å². The van der Waals surface area contributed by atoms with E-state index in [9.17, 15) is 0 Å². The zero-order valence-electron chi connectivity index (χ0n) is 12.3. The van der Waals surface area contributed by atoms with Gasteiger partial charge in [0.1, 0.15) is 0 Å². The molecule has 3 heteroatoms. The molecule has 2 fully saturated rings. The Hall–Kier alpha value is -0.120. The molecule has 0 aromatic carbocycles. The van der Waals surface area contributed by atoms with E-state index in [1.165, 1.54) is 45.3 Å². The molecule has 1 N–H and O–H groups in total.